The normalized spacial score (nSPS) is 10.6. The van der Waals surface area contributed by atoms with E-state index in [1.54, 1.807) is 24.3 Å². The lowest BCUT2D eigenvalue weighted by atomic mass is 10.3. The number of nitrogens with zero attached hydrogens (tertiary/aromatic N) is 4. The van der Waals surface area contributed by atoms with E-state index in [4.69, 9.17) is 4.74 Å². The Morgan fingerprint density at radius 1 is 1.35 bits per heavy atom. The van der Waals surface area contributed by atoms with E-state index in [9.17, 15) is 4.79 Å². The van der Waals surface area contributed by atoms with Crippen molar-refractivity contribution in [3.05, 3.63) is 30.1 Å². The topological polar surface area (TPSA) is 96.0 Å². The monoisotopic (exact) mass is 276 g/mol. The van der Waals surface area contributed by atoms with Crippen LogP contribution >= 0.6 is 0 Å². The molecule has 0 radical (unpaired) electrons. The number of nitrogens with one attached hydrogen (secondary N) is 2. The van der Waals surface area contributed by atoms with E-state index in [0.29, 0.717) is 12.3 Å². The predicted molar refractivity (Wildman–Crippen MR) is 72.6 cm³/mol. The van der Waals surface area contributed by atoms with Crippen molar-refractivity contribution in [2.75, 3.05) is 32.6 Å². The van der Waals surface area contributed by atoms with E-state index in [1.165, 1.54) is 0 Å². The maximum absolute atomic E-state index is 11.7. The van der Waals surface area contributed by atoms with Gasteiger partial charge in [0.1, 0.15) is 12.4 Å². The molecule has 1 heterocycles. The largest absolute Gasteiger partial charge is 0.492 e. The SMILES string of the molecule is CN(C)CCOc1ccc(NC(=O)c2nn[nH]n2)cc1. The van der Waals surface area contributed by atoms with Gasteiger partial charge >= 0.3 is 0 Å². The Morgan fingerprint density at radius 2 is 2.10 bits per heavy atom. The van der Waals surface area contributed by atoms with Crippen molar-refractivity contribution in [2.24, 2.45) is 0 Å². The first kappa shape index (κ1) is 13.9. The molecule has 2 N–H and O–H groups in total. The zero-order valence-corrected chi connectivity index (χ0v) is 11.3. The van der Waals surface area contributed by atoms with Crippen molar-refractivity contribution in [2.45, 2.75) is 0 Å². The van der Waals surface area contributed by atoms with Crippen LogP contribution in [0.1, 0.15) is 10.6 Å². The summed E-state index contributed by atoms with van der Waals surface area (Å²) < 4.78 is 5.55. The highest BCUT2D eigenvalue weighted by Crippen LogP contribution is 2.15. The van der Waals surface area contributed by atoms with Gasteiger partial charge in [0.2, 0.25) is 0 Å². The van der Waals surface area contributed by atoms with Gasteiger partial charge in [-0.2, -0.15) is 5.21 Å². The molecule has 0 aliphatic heterocycles. The molecule has 1 aromatic carbocycles. The molecule has 8 nitrogen and oxygen atoms in total. The second-order valence-corrected chi connectivity index (χ2v) is 4.37. The van der Waals surface area contributed by atoms with E-state index in [2.05, 4.69) is 25.9 Å². The lowest BCUT2D eigenvalue weighted by Crippen LogP contribution is -2.19. The van der Waals surface area contributed by atoms with Crippen LogP contribution in [0.4, 0.5) is 5.69 Å². The summed E-state index contributed by atoms with van der Waals surface area (Å²) in [5.74, 6) is 0.334. The van der Waals surface area contributed by atoms with Crippen LogP contribution in [0.25, 0.3) is 0 Å². The van der Waals surface area contributed by atoms with E-state index in [1.807, 2.05) is 19.0 Å². The molecule has 0 aliphatic rings. The molecule has 1 aromatic heterocycles. The number of likely N-dealkylation sites (N-methyl/N-ethyl adjacent to an activating group) is 1. The Kier molecular flexibility index (Phi) is 4.61. The van der Waals surface area contributed by atoms with Gasteiger partial charge in [0.15, 0.2) is 0 Å². The van der Waals surface area contributed by atoms with Gasteiger partial charge in [-0.05, 0) is 43.6 Å². The lowest BCUT2D eigenvalue weighted by Gasteiger charge is -2.11. The van der Waals surface area contributed by atoms with E-state index in [-0.39, 0.29) is 5.82 Å². The van der Waals surface area contributed by atoms with Crippen molar-refractivity contribution < 1.29 is 9.53 Å². The summed E-state index contributed by atoms with van der Waals surface area (Å²) in [5, 5.41) is 15.4. The Balaban J connectivity index is 1.87. The number of ether oxygens (including phenoxy) is 1. The minimum Gasteiger partial charge on any atom is -0.492 e. The molecule has 0 bridgehead atoms. The van der Waals surface area contributed by atoms with Crippen LogP contribution in [0.3, 0.4) is 0 Å². The summed E-state index contributed by atoms with van der Waals surface area (Å²) in [6, 6.07) is 7.09. The number of amides is 1. The van der Waals surface area contributed by atoms with Crippen molar-refractivity contribution in [3.8, 4) is 5.75 Å². The fraction of sp³-hybridized carbons (Fsp3) is 0.333. The lowest BCUT2D eigenvalue weighted by molar-refractivity contribution is 0.101. The molecule has 106 valence electrons. The van der Waals surface area contributed by atoms with Crippen LogP contribution in [-0.2, 0) is 0 Å². The Hall–Kier alpha value is -2.48. The fourth-order valence-electron chi connectivity index (χ4n) is 1.43. The zero-order chi connectivity index (χ0) is 14.4. The number of carbonyl (C=O) groups excluding carboxylic acids is 1. The van der Waals surface area contributed by atoms with Crippen molar-refractivity contribution in [1.82, 2.24) is 25.5 Å². The third-order valence-corrected chi connectivity index (χ3v) is 2.47. The predicted octanol–water partition coefficient (Wildman–Crippen LogP) is 0.392. The van der Waals surface area contributed by atoms with Crippen LogP contribution in [0.5, 0.6) is 5.75 Å². The number of aromatic nitrogens is 4. The highest BCUT2D eigenvalue weighted by Gasteiger charge is 2.10. The summed E-state index contributed by atoms with van der Waals surface area (Å²) in [4.78, 5) is 13.7. The number of anilines is 1. The summed E-state index contributed by atoms with van der Waals surface area (Å²) in [7, 11) is 3.97. The molecular weight excluding hydrogens is 260 g/mol. The quantitative estimate of drug-likeness (QED) is 0.792. The number of tetrazole rings is 1. The third-order valence-electron chi connectivity index (χ3n) is 2.47. The maximum Gasteiger partial charge on any atom is 0.297 e. The molecule has 20 heavy (non-hydrogen) atoms. The molecule has 0 fully saturated rings. The van der Waals surface area contributed by atoms with E-state index in [0.717, 1.165) is 12.3 Å². The highest BCUT2D eigenvalue weighted by molar-refractivity contribution is 6.01. The van der Waals surface area contributed by atoms with Gasteiger partial charge in [-0.15, -0.1) is 10.2 Å². The number of hydrogen-bond donors (Lipinski definition) is 2. The second kappa shape index (κ2) is 6.62. The molecule has 0 unspecified atom stereocenters. The van der Waals surface area contributed by atoms with Gasteiger partial charge in [0.25, 0.3) is 11.7 Å². The number of aromatic amines is 1. The minimum atomic E-state index is -0.417. The smallest absolute Gasteiger partial charge is 0.297 e. The number of rotatable bonds is 6. The van der Waals surface area contributed by atoms with E-state index >= 15 is 0 Å². The molecule has 0 saturated heterocycles. The molecule has 0 atom stereocenters. The third kappa shape index (κ3) is 4.02. The van der Waals surface area contributed by atoms with Crippen LogP contribution in [0.2, 0.25) is 0 Å². The molecule has 1 amide bonds. The van der Waals surface area contributed by atoms with Gasteiger partial charge in [-0.3, -0.25) is 4.79 Å². The summed E-state index contributed by atoms with van der Waals surface area (Å²) in [5.41, 5.74) is 0.639. The van der Waals surface area contributed by atoms with Gasteiger partial charge < -0.3 is 15.0 Å². The van der Waals surface area contributed by atoms with Crippen LogP contribution in [0, 0.1) is 0 Å². The average Bonchev–Trinajstić information content (AvgIpc) is 2.94. The number of benzene rings is 1. The summed E-state index contributed by atoms with van der Waals surface area (Å²) in [6.45, 7) is 1.46. The van der Waals surface area contributed by atoms with Gasteiger partial charge in [0.05, 0.1) is 0 Å². The first-order chi connectivity index (χ1) is 9.65. The average molecular weight is 276 g/mol. The molecule has 0 saturated carbocycles. The molecule has 0 aliphatic carbocycles. The first-order valence-electron chi connectivity index (χ1n) is 6.07. The van der Waals surface area contributed by atoms with Crippen molar-refractivity contribution in [1.29, 1.82) is 0 Å². The van der Waals surface area contributed by atoms with Gasteiger partial charge in [0, 0.05) is 12.2 Å². The Morgan fingerprint density at radius 3 is 2.70 bits per heavy atom. The molecular formula is C12H16N6O2. The molecule has 8 heteroatoms. The van der Waals surface area contributed by atoms with Crippen LogP contribution in [-0.4, -0.2) is 58.7 Å². The first-order valence-corrected chi connectivity index (χ1v) is 6.07. The molecule has 2 aromatic rings. The number of H-pyrrole nitrogens is 1. The zero-order valence-electron chi connectivity index (χ0n) is 11.3. The Bertz CT molecular complexity index is 538. The van der Waals surface area contributed by atoms with Crippen molar-refractivity contribution >= 4 is 11.6 Å². The summed E-state index contributed by atoms with van der Waals surface area (Å²) >= 11 is 0. The van der Waals surface area contributed by atoms with Crippen molar-refractivity contribution in [3.63, 3.8) is 0 Å². The molecule has 0 spiro atoms. The van der Waals surface area contributed by atoms with Gasteiger partial charge in [-0.1, -0.05) is 0 Å². The number of carbonyl (C=O) groups is 1. The Labute approximate surface area is 116 Å². The highest BCUT2D eigenvalue weighted by atomic mass is 16.5. The fourth-order valence-corrected chi connectivity index (χ4v) is 1.43. The standard InChI is InChI=1S/C12H16N6O2/c1-18(2)7-8-20-10-5-3-9(4-6-10)13-12(19)11-14-16-17-15-11/h3-6H,7-8H2,1-2H3,(H,13,19)(H,14,15,16,17). The minimum absolute atomic E-state index is 0.00342. The maximum atomic E-state index is 11.7. The van der Waals surface area contributed by atoms with Crippen LogP contribution in [0.15, 0.2) is 24.3 Å². The molecule has 2 rings (SSSR count). The van der Waals surface area contributed by atoms with Crippen LogP contribution < -0.4 is 10.1 Å². The second-order valence-electron chi connectivity index (χ2n) is 4.37. The van der Waals surface area contributed by atoms with Gasteiger partial charge in [-0.25, -0.2) is 0 Å². The number of hydrogen-bond acceptors (Lipinski definition) is 6. The van der Waals surface area contributed by atoms with E-state index < -0.39 is 5.91 Å². The summed E-state index contributed by atoms with van der Waals surface area (Å²) in [6.07, 6.45) is 0.